The van der Waals surface area contributed by atoms with Gasteiger partial charge in [0.15, 0.2) is 0 Å². The first-order chi connectivity index (χ1) is 7.54. The summed E-state index contributed by atoms with van der Waals surface area (Å²) in [6, 6.07) is -0.738. The van der Waals surface area contributed by atoms with Crippen LogP contribution < -0.4 is 5.32 Å². The standard InChI is InChI=1S/C12H21NO3/c1-3-8(2)11(12(15)16)13-10(14)7-9-5-4-6-9/h8-9,11H,3-7H2,1-2H3,(H,13,14)(H,15,16)/t8?,11-/m0/s1. The van der Waals surface area contributed by atoms with Crippen molar-refractivity contribution in [3.05, 3.63) is 0 Å². The average molecular weight is 227 g/mol. The van der Waals surface area contributed by atoms with Crippen molar-refractivity contribution in [2.45, 2.75) is 52.0 Å². The zero-order valence-electron chi connectivity index (χ0n) is 10.0. The molecule has 0 radical (unpaired) electrons. The van der Waals surface area contributed by atoms with Gasteiger partial charge in [0.05, 0.1) is 0 Å². The van der Waals surface area contributed by atoms with Gasteiger partial charge in [0.25, 0.3) is 0 Å². The van der Waals surface area contributed by atoms with Crippen LogP contribution in [-0.2, 0) is 9.59 Å². The van der Waals surface area contributed by atoms with E-state index in [1.807, 2.05) is 13.8 Å². The molecule has 1 aliphatic carbocycles. The fourth-order valence-electron chi connectivity index (χ4n) is 1.87. The number of carboxylic acid groups (broad SMARTS) is 1. The van der Waals surface area contributed by atoms with E-state index in [1.165, 1.54) is 6.42 Å². The molecule has 2 atom stereocenters. The maximum Gasteiger partial charge on any atom is 0.326 e. The Bertz CT molecular complexity index is 261. The molecule has 16 heavy (non-hydrogen) atoms. The molecular formula is C12H21NO3. The van der Waals surface area contributed by atoms with Crippen molar-refractivity contribution < 1.29 is 14.7 Å². The first kappa shape index (κ1) is 13.0. The van der Waals surface area contributed by atoms with Crippen molar-refractivity contribution in [3.8, 4) is 0 Å². The maximum absolute atomic E-state index is 11.6. The Morgan fingerprint density at radius 1 is 1.44 bits per heavy atom. The van der Waals surface area contributed by atoms with E-state index in [1.54, 1.807) is 0 Å². The molecule has 4 heteroatoms. The third-order valence-corrected chi connectivity index (χ3v) is 3.49. The largest absolute Gasteiger partial charge is 0.480 e. The van der Waals surface area contributed by atoms with Gasteiger partial charge in [-0.25, -0.2) is 4.79 Å². The van der Waals surface area contributed by atoms with Gasteiger partial charge in [-0.05, 0) is 24.7 Å². The Morgan fingerprint density at radius 2 is 2.06 bits per heavy atom. The minimum absolute atomic E-state index is 0.0251. The highest BCUT2D eigenvalue weighted by atomic mass is 16.4. The predicted molar refractivity (Wildman–Crippen MR) is 61.0 cm³/mol. The van der Waals surface area contributed by atoms with Crippen LogP contribution in [0.25, 0.3) is 0 Å². The third kappa shape index (κ3) is 3.51. The Labute approximate surface area is 96.4 Å². The van der Waals surface area contributed by atoms with Crippen molar-refractivity contribution in [3.63, 3.8) is 0 Å². The van der Waals surface area contributed by atoms with Crippen molar-refractivity contribution in [2.75, 3.05) is 0 Å². The Hall–Kier alpha value is -1.06. The highest BCUT2D eigenvalue weighted by Crippen LogP contribution is 2.29. The molecular weight excluding hydrogens is 206 g/mol. The van der Waals surface area contributed by atoms with Crippen molar-refractivity contribution >= 4 is 11.9 Å². The van der Waals surface area contributed by atoms with E-state index in [2.05, 4.69) is 5.32 Å². The molecule has 1 rings (SSSR count). The van der Waals surface area contributed by atoms with Crippen LogP contribution in [0.4, 0.5) is 0 Å². The zero-order chi connectivity index (χ0) is 12.1. The molecule has 1 saturated carbocycles. The summed E-state index contributed by atoms with van der Waals surface area (Å²) in [6.07, 6.45) is 4.65. The van der Waals surface area contributed by atoms with Crippen LogP contribution in [0.15, 0.2) is 0 Å². The molecule has 1 aliphatic rings. The molecule has 0 spiro atoms. The highest BCUT2D eigenvalue weighted by Gasteiger charge is 2.27. The molecule has 2 N–H and O–H groups in total. The van der Waals surface area contributed by atoms with Crippen molar-refractivity contribution in [1.29, 1.82) is 0 Å². The monoisotopic (exact) mass is 227 g/mol. The lowest BCUT2D eigenvalue weighted by molar-refractivity contribution is -0.143. The SMILES string of the molecule is CCC(C)[C@H](NC(=O)CC1CCC1)C(=O)O. The lowest BCUT2D eigenvalue weighted by Gasteiger charge is -2.26. The van der Waals surface area contributed by atoms with Crippen LogP contribution in [0.5, 0.6) is 0 Å². The number of hydrogen-bond acceptors (Lipinski definition) is 2. The quantitative estimate of drug-likeness (QED) is 0.727. The fraction of sp³-hybridized carbons (Fsp3) is 0.833. The summed E-state index contributed by atoms with van der Waals surface area (Å²) in [6.45, 7) is 3.78. The number of rotatable bonds is 6. The summed E-state index contributed by atoms with van der Waals surface area (Å²) in [7, 11) is 0. The van der Waals surface area contributed by atoms with E-state index < -0.39 is 12.0 Å². The summed E-state index contributed by atoms with van der Waals surface area (Å²) < 4.78 is 0. The van der Waals surface area contributed by atoms with E-state index in [4.69, 9.17) is 5.11 Å². The maximum atomic E-state index is 11.6. The Kier molecular flexibility index (Phi) is 4.77. The summed E-state index contributed by atoms with van der Waals surface area (Å²) in [5.74, 6) is -0.595. The van der Waals surface area contributed by atoms with Gasteiger partial charge in [-0.1, -0.05) is 26.7 Å². The molecule has 4 nitrogen and oxygen atoms in total. The molecule has 92 valence electrons. The lowest BCUT2D eigenvalue weighted by atomic mass is 9.82. The molecule has 0 aromatic rings. The lowest BCUT2D eigenvalue weighted by Crippen LogP contribution is -2.45. The third-order valence-electron chi connectivity index (χ3n) is 3.49. The number of aliphatic carboxylic acids is 1. The molecule has 1 amide bonds. The van der Waals surface area contributed by atoms with Crippen LogP contribution >= 0.6 is 0 Å². The van der Waals surface area contributed by atoms with Crippen molar-refractivity contribution in [2.24, 2.45) is 11.8 Å². The summed E-state index contributed by atoms with van der Waals surface area (Å²) >= 11 is 0. The average Bonchev–Trinajstić information content (AvgIpc) is 2.18. The minimum atomic E-state index is -0.934. The molecule has 0 aromatic heterocycles. The fourth-order valence-corrected chi connectivity index (χ4v) is 1.87. The van der Waals surface area contributed by atoms with Crippen LogP contribution in [0, 0.1) is 11.8 Å². The van der Waals surface area contributed by atoms with Crippen LogP contribution in [-0.4, -0.2) is 23.0 Å². The van der Waals surface area contributed by atoms with E-state index >= 15 is 0 Å². The number of nitrogens with one attached hydrogen (secondary N) is 1. The first-order valence-electron chi connectivity index (χ1n) is 6.06. The first-order valence-corrected chi connectivity index (χ1v) is 6.06. The van der Waals surface area contributed by atoms with Gasteiger partial charge in [-0.2, -0.15) is 0 Å². The number of carboxylic acids is 1. The molecule has 1 fully saturated rings. The van der Waals surface area contributed by atoms with Gasteiger partial charge in [0, 0.05) is 6.42 Å². The van der Waals surface area contributed by atoms with Crippen LogP contribution in [0.2, 0.25) is 0 Å². The number of amides is 1. The van der Waals surface area contributed by atoms with Crippen molar-refractivity contribution in [1.82, 2.24) is 5.32 Å². The second-order valence-corrected chi connectivity index (χ2v) is 4.77. The van der Waals surface area contributed by atoms with Gasteiger partial charge in [0.1, 0.15) is 6.04 Å². The van der Waals surface area contributed by atoms with Gasteiger partial charge in [-0.3, -0.25) is 4.79 Å². The van der Waals surface area contributed by atoms with E-state index in [-0.39, 0.29) is 11.8 Å². The molecule has 0 heterocycles. The van der Waals surface area contributed by atoms with Crippen LogP contribution in [0.3, 0.4) is 0 Å². The summed E-state index contributed by atoms with van der Waals surface area (Å²) in [5.41, 5.74) is 0. The number of carbonyl (C=O) groups is 2. The minimum Gasteiger partial charge on any atom is -0.480 e. The van der Waals surface area contributed by atoms with E-state index in [9.17, 15) is 9.59 Å². The topological polar surface area (TPSA) is 66.4 Å². The van der Waals surface area contributed by atoms with E-state index in [0.29, 0.717) is 12.3 Å². The van der Waals surface area contributed by atoms with E-state index in [0.717, 1.165) is 19.3 Å². The Balaban J connectivity index is 2.40. The molecule has 1 unspecified atom stereocenters. The molecule has 0 aromatic carbocycles. The normalized spacial score (nSPS) is 19.6. The predicted octanol–water partition coefficient (Wildman–Crippen LogP) is 1.79. The second-order valence-electron chi connectivity index (χ2n) is 4.77. The Morgan fingerprint density at radius 3 is 2.44 bits per heavy atom. The van der Waals surface area contributed by atoms with Gasteiger partial charge in [-0.15, -0.1) is 0 Å². The number of carbonyl (C=O) groups excluding carboxylic acids is 1. The second kappa shape index (κ2) is 5.87. The highest BCUT2D eigenvalue weighted by molar-refractivity contribution is 5.83. The van der Waals surface area contributed by atoms with Gasteiger partial charge in [0.2, 0.25) is 5.91 Å². The molecule has 0 bridgehead atoms. The van der Waals surface area contributed by atoms with Crippen LogP contribution in [0.1, 0.15) is 46.0 Å². The van der Waals surface area contributed by atoms with Gasteiger partial charge < -0.3 is 10.4 Å². The summed E-state index contributed by atoms with van der Waals surface area (Å²) in [5, 5.41) is 11.6. The smallest absolute Gasteiger partial charge is 0.326 e. The van der Waals surface area contributed by atoms with Gasteiger partial charge >= 0.3 is 5.97 Å². The summed E-state index contributed by atoms with van der Waals surface area (Å²) in [4.78, 5) is 22.6. The number of hydrogen-bond donors (Lipinski definition) is 2. The zero-order valence-corrected chi connectivity index (χ0v) is 10.0. The molecule has 0 saturated heterocycles. The molecule has 0 aliphatic heterocycles.